The molecule has 10 unspecified atom stereocenters. The molecule has 0 radical (unpaired) electrons. The summed E-state index contributed by atoms with van der Waals surface area (Å²) in [6, 6.07) is 0. The number of hydrogen-bond acceptors (Lipinski definition) is 0. The summed E-state index contributed by atoms with van der Waals surface area (Å²) in [6.45, 7) is 32.7. The van der Waals surface area contributed by atoms with Gasteiger partial charge >= 0.3 is 0 Å². The first-order valence-electron chi connectivity index (χ1n) is 15.2. The van der Waals surface area contributed by atoms with Crippen molar-refractivity contribution < 1.29 is 0 Å². The quantitative estimate of drug-likeness (QED) is 0.348. The van der Waals surface area contributed by atoms with E-state index in [1.165, 1.54) is 68.9 Å². The van der Waals surface area contributed by atoms with Crippen LogP contribution in [-0.4, -0.2) is 0 Å². The Labute approximate surface area is 218 Å². The number of hydrogen-bond donors (Lipinski definition) is 0. The Hall–Kier alpha value is -0.780. The van der Waals surface area contributed by atoms with Crippen LogP contribution in [0.5, 0.6) is 0 Å². The number of allylic oxidation sites excluding steroid dienone is 4. The van der Waals surface area contributed by atoms with Gasteiger partial charge in [0.1, 0.15) is 0 Å². The molecular weight excluding hydrogens is 420 g/mol. The van der Waals surface area contributed by atoms with Gasteiger partial charge in [-0.1, -0.05) is 78.3 Å². The summed E-state index contributed by atoms with van der Waals surface area (Å²) in [6.07, 6.45) is 12.3. The van der Waals surface area contributed by atoms with Crippen LogP contribution in [-0.2, 0) is 0 Å². The second-order valence-corrected chi connectivity index (χ2v) is 15.6. The van der Waals surface area contributed by atoms with Gasteiger partial charge in [-0.25, -0.2) is 0 Å². The van der Waals surface area contributed by atoms with Crippen molar-refractivity contribution in [3.8, 4) is 0 Å². The van der Waals surface area contributed by atoms with Gasteiger partial charge in [-0.2, -0.15) is 0 Å². The maximum atomic E-state index is 4.76. The van der Waals surface area contributed by atoms with Crippen molar-refractivity contribution in [2.45, 2.75) is 120 Å². The molecular formula is C35H56. The van der Waals surface area contributed by atoms with Crippen molar-refractivity contribution in [1.29, 1.82) is 0 Å². The number of fused-ring (bicyclic) bond motifs is 5. The molecule has 0 heterocycles. The Bertz CT molecular complexity index is 945. The topological polar surface area (TPSA) is 0 Å². The van der Waals surface area contributed by atoms with Crippen LogP contribution in [0.1, 0.15) is 120 Å². The standard InChI is InChI=1S/C35H56/c1-21-19-27(20-22(2)24(21)4)32(7,8)34(10)18-16-29-31-26(6)25(5)28-14-12-13-23(3)35(28,11)30(31)15-17-33(29,34)9/h25-31H,1,3,12-20H2,2,4-11H3. The third-order valence-electron chi connectivity index (χ3n) is 15.0. The highest BCUT2D eigenvalue weighted by Crippen LogP contribution is 2.76. The molecule has 0 bridgehead atoms. The monoisotopic (exact) mass is 476 g/mol. The van der Waals surface area contributed by atoms with Crippen molar-refractivity contribution in [1.82, 2.24) is 0 Å². The lowest BCUT2D eigenvalue weighted by Gasteiger charge is -2.67. The Morgan fingerprint density at radius 3 is 2.14 bits per heavy atom. The highest BCUT2D eigenvalue weighted by molar-refractivity contribution is 5.35. The molecule has 4 saturated carbocycles. The summed E-state index contributed by atoms with van der Waals surface area (Å²) in [5.41, 5.74) is 7.62. The third kappa shape index (κ3) is 3.16. The molecule has 0 spiro atoms. The van der Waals surface area contributed by atoms with Crippen LogP contribution < -0.4 is 0 Å². The summed E-state index contributed by atoms with van der Waals surface area (Å²) >= 11 is 0. The van der Waals surface area contributed by atoms with Crippen LogP contribution in [0.25, 0.3) is 0 Å². The van der Waals surface area contributed by atoms with Gasteiger partial charge < -0.3 is 0 Å². The Morgan fingerprint density at radius 1 is 0.829 bits per heavy atom. The van der Waals surface area contributed by atoms with Gasteiger partial charge in [0, 0.05) is 0 Å². The van der Waals surface area contributed by atoms with Crippen molar-refractivity contribution in [3.63, 3.8) is 0 Å². The van der Waals surface area contributed by atoms with E-state index in [0.29, 0.717) is 21.7 Å². The van der Waals surface area contributed by atoms with E-state index >= 15 is 0 Å². The van der Waals surface area contributed by atoms with E-state index in [4.69, 9.17) is 6.58 Å². The van der Waals surface area contributed by atoms with E-state index < -0.39 is 0 Å². The molecule has 0 saturated heterocycles. The second kappa shape index (κ2) is 8.11. The maximum absolute atomic E-state index is 4.76. The molecule has 0 aromatic rings. The molecule has 0 amide bonds. The molecule has 0 heteroatoms. The molecule has 35 heavy (non-hydrogen) atoms. The van der Waals surface area contributed by atoms with Gasteiger partial charge in [0.25, 0.3) is 0 Å². The van der Waals surface area contributed by atoms with Crippen LogP contribution in [0.2, 0.25) is 0 Å². The summed E-state index contributed by atoms with van der Waals surface area (Å²) in [7, 11) is 0. The largest absolute Gasteiger partial charge is 0.0993 e. The molecule has 0 aromatic heterocycles. The van der Waals surface area contributed by atoms with Crippen LogP contribution >= 0.6 is 0 Å². The zero-order chi connectivity index (χ0) is 25.7. The number of rotatable bonds is 2. The van der Waals surface area contributed by atoms with Crippen molar-refractivity contribution in [2.24, 2.45) is 63.1 Å². The van der Waals surface area contributed by atoms with Crippen LogP contribution in [0.3, 0.4) is 0 Å². The Morgan fingerprint density at radius 2 is 1.49 bits per heavy atom. The molecule has 10 atom stereocenters. The van der Waals surface area contributed by atoms with Crippen molar-refractivity contribution in [3.05, 3.63) is 35.5 Å². The maximum Gasteiger partial charge on any atom is -0.00571 e. The van der Waals surface area contributed by atoms with E-state index in [0.717, 1.165) is 41.4 Å². The average molecular weight is 477 g/mol. The van der Waals surface area contributed by atoms with E-state index in [1.54, 1.807) is 11.1 Å². The Balaban J connectivity index is 1.51. The lowest BCUT2D eigenvalue weighted by atomic mass is 9.37. The molecule has 5 rings (SSSR count). The van der Waals surface area contributed by atoms with Gasteiger partial charge in [-0.15, -0.1) is 0 Å². The van der Waals surface area contributed by atoms with E-state index in [2.05, 4.69) is 68.9 Å². The van der Waals surface area contributed by atoms with Gasteiger partial charge in [0.2, 0.25) is 0 Å². The minimum atomic E-state index is 0.318. The summed E-state index contributed by atoms with van der Waals surface area (Å²) < 4.78 is 0. The highest BCUT2D eigenvalue weighted by Gasteiger charge is 2.69. The summed E-state index contributed by atoms with van der Waals surface area (Å²) in [5, 5.41) is 0. The zero-order valence-electron chi connectivity index (χ0n) is 24.8. The van der Waals surface area contributed by atoms with Gasteiger partial charge in [0.05, 0.1) is 0 Å². The highest BCUT2D eigenvalue weighted by atomic mass is 14.7. The normalized spacial score (nSPS) is 50.6. The van der Waals surface area contributed by atoms with Gasteiger partial charge in [0.15, 0.2) is 0 Å². The smallest absolute Gasteiger partial charge is 0.00571 e. The minimum Gasteiger partial charge on any atom is -0.0993 e. The zero-order valence-corrected chi connectivity index (χ0v) is 24.8. The summed E-state index contributed by atoms with van der Waals surface area (Å²) in [5.74, 6) is 5.87. The Kier molecular flexibility index (Phi) is 5.99. The molecule has 0 aliphatic heterocycles. The molecule has 0 N–H and O–H groups in total. The molecule has 0 nitrogen and oxygen atoms in total. The first kappa shape index (κ1) is 25.9. The molecule has 5 aliphatic carbocycles. The lowest BCUT2D eigenvalue weighted by Crippen LogP contribution is -2.61. The lowest BCUT2D eigenvalue weighted by molar-refractivity contribution is -0.171. The average Bonchev–Trinajstić information content (AvgIpc) is 3.08. The molecule has 196 valence electrons. The fourth-order valence-corrected chi connectivity index (χ4v) is 11.7. The first-order chi connectivity index (χ1) is 16.2. The van der Waals surface area contributed by atoms with Crippen LogP contribution in [0.15, 0.2) is 35.5 Å². The molecule has 0 aromatic carbocycles. The van der Waals surface area contributed by atoms with Gasteiger partial charge in [-0.05, 0) is 140 Å². The van der Waals surface area contributed by atoms with E-state index in [1.807, 2.05) is 0 Å². The summed E-state index contributed by atoms with van der Waals surface area (Å²) in [4.78, 5) is 0. The fraction of sp³-hybridized carbons (Fsp3) is 0.829. The third-order valence-corrected chi connectivity index (χ3v) is 15.0. The van der Waals surface area contributed by atoms with Gasteiger partial charge in [-0.3, -0.25) is 0 Å². The SMILES string of the molecule is C=C1CC(C(C)(C)C2(C)CCC3C4C(C)C(C)C5CCCC(=C)C5(C)C4CCC32C)CC(C)=C1C. The fourth-order valence-electron chi connectivity index (χ4n) is 11.7. The van der Waals surface area contributed by atoms with Crippen LogP contribution in [0.4, 0.5) is 0 Å². The second-order valence-electron chi connectivity index (χ2n) is 15.6. The van der Waals surface area contributed by atoms with E-state index in [9.17, 15) is 0 Å². The molecule has 4 fully saturated rings. The predicted octanol–water partition coefficient (Wildman–Crippen LogP) is 10.4. The molecule has 5 aliphatic rings. The first-order valence-corrected chi connectivity index (χ1v) is 15.2. The van der Waals surface area contributed by atoms with Crippen LogP contribution in [0, 0.1) is 63.1 Å². The van der Waals surface area contributed by atoms with E-state index in [-0.39, 0.29) is 0 Å². The minimum absolute atomic E-state index is 0.318. The predicted molar refractivity (Wildman–Crippen MR) is 152 cm³/mol. The van der Waals surface area contributed by atoms with Crippen molar-refractivity contribution >= 4 is 0 Å². The van der Waals surface area contributed by atoms with Crippen molar-refractivity contribution in [2.75, 3.05) is 0 Å².